The Morgan fingerprint density at radius 2 is 1.67 bits per heavy atom. The Labute approximate surface area is 155 Å². The lowest BCUT2D eigenvalue weighted by Crippen LogP contribution is -2.20. The van der Waals surface area contributed by atoms with Crippen LogP contribution in [0.15, 0.2) is 53.4 Å². The molecule has 2 aromatic rings. The molecule has 0 heterocycles. The molecule has 24 heavy (non-hydrogen) atoms. The van der Waals surface area contributed by atoms with Gasteiger partial charge in [0.15, 0.2) is 5.11 Å². The highest BCUT2D eigenvalue weighted by Crippen LogP contribution is 2.18. The van der Waals surface area contributed by atoms with E-state index in [0.29, 0.717) is 5.11 Å². The van der Waals surface area contributed by atoms with E-state index in [1.165, 1.54) is 4.90 Å². The van der Waals surface area contributed by atoms with Crippen LogP contribution in [0.3, 0.4) is 0 Å². The van der Waals surface area contributed by atoms with E-state index < -0.39 is 8.07 Å². The summed E-state index contributed by atoms with van der Waals surface area (Å²) >= 11 is 7.15. The predicted molar refractivity (Wildman–Crippen MR) is 115 cm³/mol. The summed E-state index contributed by atoms with van der Waals surface area (Å²) < 4.78 is 0. The minimum absolute atomic E-state index is 0.564. The number of para-hydroxylation sites is 1. The monoisotopic (exact) mass is 370 g/mol. The van der Waals surface area contributed by atoms with Gasteiger partial charge in [0.05, 0.1) is 5.69 Å². The zero-order valence-corrected chi connectivity index (χ0v) is 17.1. The van der Waals surface area contributed by atoms with Gasteiger partial charge in [0.2, 0.25) is 0 Å². The van der Waals surface area contributed by atoms with Gasteiger partial charge in [-0.25, -0.2) is 0 Å². The molecule has 0 aromatic heterocycles. The van der Waals surface area contributed by atoms with Gasteiger partial charge in [0.1, 0.15) is 8.07 Å². The van der Waals surface area contributed by atoms with E-state index in [-0.39, 0.29) is 0 Å². The van der Waals surface area contributed by atoms with Crippen molar-refractivity contribution in [2.75, 3.05) is 16.9 Å². The summed E-state index contributed by atoms with van der Waals surface area (Å²) in [6.45, 7) is 6.71. The van der Waals surface area contributed by atoms with Crippen molar-refractivity contribution in [1.82, 2.24) is 0 Å². The molecule has 0 amide bonds. The van der Waals surface area contributed by atoms with Gasteiger partial charge >= 0.3 is 0 Å². The summed E-state index contributed by atoms with van der Waals surface area (Å²) in [6.07, 6.45) is 2.06. The summed E-state index contributed by atoms with van der Waals surface area (Å²) in [5.41, 5.74) is 6.27. The molecule has 0 saturated carbocycles. The SMILES string of the molecule is CSc1ccc(NC(=S)Nc2ccccc2C#C[Si](C)(C)C)cc1. The molecule has 0 aliphatic heterocycles. The van der Waals surface area contributed by atoms with Crippen LogP contribution in [-0.2, 0) is 0 Å². The second-order valence-electron chi connectivity index (χ2n) is 6.35. The fourth-order valence-corrected chi connectivity index (χ4v) is 3.06. The number of anilines is 2. The van der Waals surface area contributed by atoms with E-state index in [1.54, 1.807) is 11.8 Å². The molecule has 2 nitrogen and oxygen atoms in total. The van der Waals surface area contributed by atoms with Gasteiger partial charge < -0.3 is 10.6 Å². The minimum Gasteiger partial charge on any atom is -0.332 e. The van der Waals surface area contributed by atoms with Gasteiger partial charge in [-0.15, -0.1) is 17.3 Å². The molecule has 0 bridgehead atoms. The number of benzene rings is 2. The molecule has 0 aliphatic carbocycles. The van der Waals surface area contributed by atoms with Crippen LogP contribution < -0.4 is 10.6 Å². The number of hydrogen-bond donors (Lipinski definition) is 2. The lowest BCUT2D eigenvalue weighted by molar-refractivity contribution is 1.46. The van der Waals surface area contributed by atoms with Crippen molar-refractivity contribution in [2.45, 2.75) is 24.5 Å². The second-order valence-corrected chi connectivity index (χ2v) is 12.4. The quantitative estimate of drug-likeness (QED) is 0.325. The van der Waals surface area contributed by atoms with E-state index >= 15 is 0 Å². The van der Waals surface area contributed by atoms with Gasteiger partial charge in [-0.05, 0) is 54.9 Å². The molecular weight excluding hydrogens is 348 g/mol. The van der Waals surface area contributed by atoms with Crippen LogP contribution in [0.1, 0.15) is 5.56 Å². The molecule has 0 fully saturated rings. The fraction of sp³-hybridized carbons (Fsp3) is 0.211. The molecule has 0 aliphatic rings. The first-order valence-electron chi connectivity index (χ1n) is 7.72. The average Bonchev–Trinajstić information content (AvgIpc) is 2.54. The summed E-state index contributed by atoms with van der Waals surface area (Å²) in [7, 11) is -1.41. The van der Waals surface area contributed by atoms with Crippen LogP contribution in [0.4, 0.5) is 11.4 Å². The third kappa shape index (κ3) is 6.04. The highest BCUT2D eigenvalue weighted by atomic mass is 32.2. The molecule has 0 atom stereocenters. The van der Waals surface area contributed by atoms with Gasteiger partial charge in [-0.2, -0.15) is 0 Å². The highest BCUT2D eigenvalue weighted by molar-refractivity contribution is 7.98. The summed E-state index contributed by atoms with van der Waals surface area (Å²) in [5, 5.41) is 7.03. The molecule has 0 unspecified atom stereocenters. The molecule has 2 N–H and O–H groups in total. The minimum atomic E-state index is -1.41. The van der Waals surface area contributed by atoms with Crippen LogP contribution >= 0.6 is 24.0 Å². The molecule has 0 radical (unpaired) electrons. The van der Waals surface area contributed by atoms with Crippen LogP contribution in [0.5, 0.6) is 0 Å². The predicted octanol–water partition coefficient (Wildman–Crippen LogP) is 5.45. The Hall–Kier alpha value is -1.74. The number of nitrogens with one attached hydrogen (secondary N) is 2. The normalized spacial score (nSPS) is 10.5. The van der Waals surface area contributed by atoms with Gasteiger partial charge in [-0.3, -0.25) is 0 Å². The van der Waals surface area contributed by atoms with Crippen molar-refractivity contribution >= 4 is 48.5 Å². The Morgan fingerprint density at radius 3 is 2.29 bits per heavy atom. The van der Waals surface area contributed by atoms with Crippen molar-refractivity contribution < 1.29 is 0 Å². The van der Waals surface area contributed by atoms with Gasteiger partial charge in [0.25, 0.3) is 0 Å². The maximum atomic E-state index is 5.43. The number of hydrogen-bond acceptors (Lipinski definition) is 2. The van der Waals surface area contributed by atoms with Gasteiger partial charge in [0, 0.05) is 16.1 Å². The highest BCUT2D eigenvalue weighted by Gasteiger charge is 2.08. The molecule has 0 spiro atoms. The Balaban J connectivity index is 2.09. The van der Waals surface area contributed by atoms with Crippen molar-refractivity contribution in [3.63, 3.8) is 0 Å². The van der Waals surface area contributed by atoms with Crippen LogP contribution in [0.2, 0.25) is 19.6 Å². The maximum Gasteiger partial charge on any atom is 0.175 e. The average molecular weight is 371 g/mol. The zero-order valence-electron chi connectivity index (χ0n) is 14.4. The molecule has 124 valence electrons. The topological polar surface area (TPSA) is 24.1 Å². The third-order valence-electron chi connectivity index (χ3n) is 3.10. The number of rotatable bonds is 3. The van der Waals surface area contributed by atoms with E-state index in [9.17, 15) is 0 Å². The van der Waals surface area contributed by atoms with Crippen molar-refractivity contribution in [2.24, 2.45) is 0 Å². The van der Waals surface area contributed by atoms with Crippen molar-refractivity contribution in [3.05, 3.63) is 54.1 Å². The number of thiocarbonyl (C=S) groups is 1. The van der Waals surface area contributed by atoms with E-state index in [2.05, 4.69) is 60.1 Å². The summed E-state index contributed by atoms with van der Waals surface area (Å²) in [6, 6.07) is 16.2. The molecular formula is C19H22N2S2Si. The summed E-state index contributed by atoms with van der Waals surface area (Å²) in [4.78, 5) is 1.23. The maximum absolute atomic E-state index is 5.43. The van der Waals surface area contributed by atoms with E-state index in [1.807, 2.05) is 36.4 Å². The number of thioether (sulfide) groups is 1. The Bertz CT molecular complexity index is 768. The second kappa shape index (κ2) is 8.38. The standard InChI is InChI=1S/C19H22N2S2Si/c1-23-17-11-9-16(10-12-17)20-19(22)21-18-8-6-5-7-15(18)13-14-24(2,3)4/h5-12H,1-4H3,(H2,20,21,22). The van der Waals surface area contributed by atoms with E-state index in [0.717, 1.165) is 16.9 Å². The third-order valence-corrected chi connectivity index (χ3v) is 4.92. The Kier molecular flexibility index (Phi) is 6.49. The lowest BCUT2D eigenvalue weighted by Gasteiger charge is -2.12. The zero-order chi connectivity index (χ0) is 17.6. The van der Waals surface area contributed by atoms with Crippen LogP contribution in [0.25, 0.3) is 0 Å². The first-order valence-corrected chi connectivity index (χ1v) is 12.8. The first kappa shape index (κ1) is 18.6. The lowest BCUT2D eigenvalue weighted by atomic mass is 10.2. The fourth-order valence-electron chi connectivity index (χ4n) is 1.91. The van der Waals surface area contributed by atoms with Crippen molar-refractivity contribution in [3.8, 4) is 11.5 Å². The molecule has 5 heteroatoms. The van der Waals surface area contributed by atoms with Crippen LogP contribution in [0, 0.1) is 11.5 Å². The van der Waals surface area contributed by atoms with Crippen LogP contribution in [-0.4, -0.2) is 19.4 Å². The molecule has 0 saturated heterocycles. The van der Waals surface area contributed by atoms with E-state index in [4.69, 9.17) is 12.2 Å². The summed E-state index contributed by atoms with van der Waals surface area (Å²) in [5.74, 6) is 3.30. The molecule has 2 aromatic carbocycles. The Morgan fingerprint density at radius 1 is 1.00 bits per heavy atom. The molecule has 2 rings (SSSR count). The van der Waals surface area contributed by atoms with Crippen molar-refractivity contribution in [1.29, 1.82) is 0 Å². The smallest absolute Gasteiger partial charge is 0.175 e. The van der Waals surface area contributed by atoms with Gasteiger partial charge in [-0.1, -0.05) is 37.7 Å². The first-order chi connectivity index (χ1) is 11.4. The largest absolute Gasteiger partial charge is 0.332 e.